The molecule has 2 heteroatoms. The third kappa shape index (κ3) is 3.10. The molecule has 0 unspecified atom stereocenters. The van der Waals surface area contributed by atoms with E-state index in [0.29, 0.717) is 16.7 Å². The number of allylic oxidation sites excluding steroid dienone is 1. The van der Waals surface area contributed by atoms with Crippen molar-refractivity contribution >= 4 is 5.71 Å². The first-order chi connectivity index (χ1) is 13.8. The second-order valence-electron chi connectivity index (χ2n) is 12.1. The van der Waals surface area contributed by atoms with Gasteiger partial charge in [0.05, 0.1) is 6.10 Å². The van der Waals surface area contributed by atoms with E-state index in [2.05, 4.69) is 33.8 Å². The molecule has 2 nitrogen and oxygen atoms in total. The zero-order valence-electron chi connectivity index (χ0n) is 19.3. The Kier molecular flexibility index (Phi) is 5.04. The Morgan fingerprint density at radius 3 is 2.66 bits per heavy atom. The molecule has 0 aromatic carbocycles. The number of aliphatic hydroxyl groups is 1. The summed E-state index contributed by atoms with van der Waals surface area (Å²) in [5, 5.41) is 10.2. The van der Waals surface area contributed by atoms with Crippen LogP contribution >= 0.6 is 0 Å². The average Bonchev–Trinajstić information content (AvgIpc) is 3.06. The molecule has 0 amide bonds. The molecule has 5 aliphatic rings. The van der Waals surface area contributed by atoms with Crippen LogP contribution in [0.3, 0.4) is 0 Å². The predicted molar refractivity (Wildman–Crippen MR) is 121 cm³/mol. The van der Waals surface area contributed by atoms with Crippen LogP contribution in [0, 0.1) is 46.3 Å². The molecule has 0 spiro atoms. The van der Waals surface area contributed by atoms with Gasteiger partial charge in [0.25, 0.3) is 0 Å². The van der Waals surface area contributed by atoms with Gasteiger partial charge in [-0.25, -0.2) is 0 Å². The lowest BCUT2D eigenvalue weighted by Crippen LogP contribution is -2.51. The van der Waals surface area contributed by atoms with Gasteiger partial charge < -0.3 is 5.11 Å². The molecule has 1 heterocycles. The Morgan fingerprint density at radius 2 is 1.90 bits per heavy atom. The first kappa shape index (κ1) is 20.3. The van der Waals surface area contributed by atoms with Gasteiger partial charge in [0.15, 0.2) is 0 Å². The molecule has 0 aromatic rings. The van der Waals surface area contributed by atoms with E-state index in [1.54, 1.807) is 11.3 Å². The van der Waals surface area contributed by atoms with Crippen molar-refractivity contribution < 1.29 is 5.11 Å². The summed E-state index contributed by atoms with van der Waals surface area (Å²) in [6.45, 7) is 11.2. The number of rotatable bonds is 2. The van der Waals surface area contributed by atoms with Gasteiger partial charge in [-0.3, -0.25) is 4.99 Å². The molecule has 0 radical (unpaired) electrons. The zero-order chi connectivity index (χ0) is 20.4. The first-order valence-electron chi connectivity index (χ1n) is 12.7. The largest absolute Gasteiger partial charge is 0.393 e. The van der Waals surface area contributed by atoms with Crippen LogP contribution < -0.4 is 0 Å². The zero-order valence-corrected chi connectivity index (χ0v) is 19.3. The van der Waals surface area contributed by atoms with Crippen molar-refractivity contribution in [2.75, 3.05) is 6.54 Å². The Bertz CT molecular complexity index is 709. The van der Waals surface area contributed by atoms with Gasteiger partial charge in [-0.1, -0.05) is 39.3 Å². The van der Waals surface area contributed by atoms with Crippen molar-refractivity contribution in [3.05, 3.63) is 11.6 Å². The van der Waals surface area contributed by atoms with E-state index >= 15 is 0 Å². The highest BCUT2D eigenvalue weighted by Gasteiger charge is 2.59. The van der Waals surface area contributed by atoms with E-state index in [-0.39, 0.29) is 6.10 Å². The predicted octanol–water partition coefficient (Wildman–Crippen LogP) is 6.43. The summed E-state index contributed by atoms with van der Waals surface area (Å²) in [6.07, 6.45) is 15.2. The van der Waals surface area contributed by atoms with E-state index in [0.717, 1.165) is 49.0 Å². The highest BCUT2D eigenvalue weighted by atomic mass is 16.3. The molecule has 3 saturated carbocycles. The molecule has 3 fully saturated rings. The monoisotopic (exact) mass is 397 g/mol. The van der Waals surface area contributed by atoms with Gasteiger partial charge in [-0.05, 0) is 111 Å². The first-order valence-corrected chi connectivity index (χ1v) is 12.7. The average molecular weight is 398 g/mol. The van der Waals surface area contributed by atoms with Gasteiger partial charge in [0, 0.05) is 12.3 Å². The number of hydrogen-bond acceptors (Lipinski definition) is 2. The molecule has 0 aromatic heterocycles. The number of aliphatic imine (C=N–C) groups is 1. The smallest absolute Gasteiger partial charge is 0.0577 e. The highest BCUT2D eigenvalue weighted by Crippen LogP contribution is 2.67. The van der Waals surface area contributed by atoms with Crippen LogP contribution in [-0.2, 0) is 0 Å². The second kappa shape index (κ2) is 7.21. The van der Waals surface area contributed by atoms with Crippen LogP contribution in [-0.4, -0.2) is 23.5 Å². The fourth-order valence-corrected chi connectivity index (χ4v) is 8.95. The van der Waals surface area contributed by atoms with Crippen molar-refractivity contribution in [2.24, 2.45) is 51.3 Å². The number of nitrogens with zero attached hydrogens (tertiary/aromatic N) is 1. The summed E-state index contributed by atoms with van der Waals surface area (Å²) < 4.78 is 0. The summed E-state index contributed by atoms with van der Waals surface area (Å²) in [5.74, 6) is 4.94. The third-order valence-electron chi connectivity index (χ3n) is 10.8. The minimum absolute atomic E-state index is 0.0876. The summed E-state index contributed by atoms with van der Waals surface area (Å²) in [6, 6.07) is 0. The normalized spacial score (nSPS) is 50.7. The standard InChI is InChI=1S/C27H43NO/c1-17-5-10-25(28-16-17)18(2)22-8-9-23-21-7-6-19-15-20(29)11-13-26(19,3)24(21)12-14-27(22,23)4/h6,17-18,20-24,29H,5,7-16H2,1-4H3/t17-,18-,20-,21+,22+,23+,24+,26-,27+/m0/s1. The minimum atomic E-state index is -0.0876. The fraction of sp³-hybridized carbons (Fsp3) is 0.889. The fourth-order valence-electron chi connectivity index (χ4n) is 8.95. The maximum atomic E-state index is 10.2. The Morgan fingerprint density at radius 1 is 1.07 bits per heavy atom. The van der Waals surface area contributed by atoms with Gasteiger partial charge >= 0.3 is 0 Å². The molecule has 1 aliphatic heterocycles. The molecule has 162 valence electrons. The quantitative estimate of drug-likeness (QED) is 0.535. The Labute approximate surface area is 178 Å². The molecule has 5 rings (SSSR count). The van der Waals surface area contributed by atoms with E-state index in [9.17, 15) is 5.11 Å². The Hall–Kier alpha value is -0.630. The summed E-state index contributed by atoms with van der Waals surface area (Å²) in [7, 11) is 0. The van der Waals surface area contributed by atoms with Crippen LogP contribution in [0.15, 0.2) is 16.6 Å². The molecule has 0 saturated heterocycles. The number of hydrogen-bond donors (Lipinski definition) is 1. The van der Waals surface area contributed by atoms with Crippen LogP contribution in [0.1, 0.15) is 91.9 Å². The van der Waals surface area contributed by atoms with Gasteiger partial charge in [0.2, 0.25) is 0 Å². The molecular formula is C27H43NO. The van der Waals surface area contributed by atoms with Crippen molar-refractivity contribution in [1.82, 2.24) is 0 Å². The lowest BCUT2D eigenvalue weighted by Gasteiger charge is -2.58. The summed E-state index contributed by atoms with van der Waals surface area (Å²) in [5.41, 5.74) is 4.05. The lowest BCUT2D eigenvalue weighted by atomic mass is 9.47. The van der Waals surface area contributed by atoms with Crippen molar-refractivity contribution in [1.29, 1.82) is 0 Å². The molecule has 1 N–H and O–H groups in total. The summed E-state index contributed by atoms with van der Waals surface area (Å²) >= 11 is 0. The highest BCUT2D eigenvalue weighted by molar-refractivity contribution is 5.87. The maximum absolute atomic E-state index is 10.2. The topological polar surface area (TPSA) is 32.6 Å². The van der Waals surface area contributed by atoms with Gasteiger partial charge in [-0.15, -0.1) is 0 Å². The van der Waals surface area contributed by atoms with Crippen LogP contribution in [0.5, 0.6) is 0 Å². The van der Waals surface area contributed by atoms with Gasteiger partial charge in [0.1, 0.15) is 0 Å². The van der Waals surface area contributed by atoms with E-state index in [4.69, 9.17) is 4.99 Å². The van der Waals surface area contributed by atoms with Crippen LogP contribution in [0.25, 0.3) is 0 Å². The molecule has 0 bridgehead atoms. The van der Waals surface area contributed by atoms with E-state index < -0.39 is 0 Å². The van der Waals surface area contributed by atoms with Crippen LogP contribution in [0.4, 0.5) is 0 Å². The maximum Gasteiger partial charge on any atom is 0.0577 e. The molecule has 9 atom stereocenters. The third-order valence-corrected chi connectivity index (χ3v) is 10.8. The molecule has 4 aliphatic carbocycles. The second-order valence-corrected chi connectivity index (χ2v) is 12.1. The number of aliphatic hydroxyl groups excluding tert-OH is 1. The Balaban J connectivity index is 1.38. The summed E-state index contributed by atoms with van der Waals surface area (Å²) in [4.78, 5) is 5.06. The minimum Gasteiger partial charge on any atom is -0.393 e. The van der Waals surface area contributed by atoms with Gasteiger partial charge in [-0.2, -0.15) is 0 Å². The number of fused-ring (bicyclic) bond motifs is 5. The van der Waals surface area contributed by atoms with E-state index in [1.807, 2.05) is 0 Å². The van der Waals surface area contributed by atoms with Crippen molar-refractivity contribution in [3.63, 3.8) is 0 Å². The SMILES string of the molecule is C[C@H]1CCC([C@@H](C)[C@H]2CC[C@@H]3[C@H]4CC=C5C[C@@H](O)CC[C@]5(C)[C@@H]4CC[C@@]32C)=NC1. The van der Waals surface area contributed by atoms with E-state index in [1.165, 1.54) is 51.4 Å². The molecular weight excluding hydrogens is 354 g/mol. The molecule has 29 heavy (non-hydrogen) atoms. The van der Waals surface area contributed by atoms with Crippen molar-refractivity contribution in [2.45, 2.75) is 98.0 Å². The van der Waals surface area contributed by atoms with Crippen LogP contribution in [0.2, 0.25) is 0 Å². The van der Waals surface area contributed by atoms with Crippen molar-refractivity contribution in [3.8, 4) is 0 Å². The lowest BCUT2D eigenvalue weighted by molar-refractivity contribution is -0.0532.